The average molecular weight is 459 g/mol. The predicted molar refractivity (Wildman–Crippen MR) is 126 cm³/mol. The maximum Gasteiger partial charge on any atom is 0.415 e. The van der Waals surface area contributed by atoms with Crippen molar-refractivity contribution >= 4 is 17.0 Å². The highest BCUT2D eigenvalue weighted by atomic mass is 19.2. The van der Waals surface area contributed by atoms with Gasteiger partial charge in [0.25, 0.3) is 0 Å². The van der Waals surface area contributed by atoms with Gasteiger partial charge < -0.3 is 14.2 Å². The fourth-order valence-corrected chi connectivity index (χ4v) is 3.95. The van der Waals surface area contributed by atoms with E-state index in [0.29, 0.717) is 36.3 Å². The van der Waals surface area contributed by atoms with Crippen molar-refractivity contribution in [1.82, 2.24) is 9.47 Å². The predicted octanol–water partition coefficient (Wildman–Crippen LogP) is 6.35. The Labute approximate surface area is 196 Å². The highest BCUT2D eigenvalue weighted by Crippen LogP contribution is 2.38. The van der Waals surface area contributed by atoms with Gasteiger partial charge in [0.1, 0.15) is 5.75 Å². The topological polar surface area (TPSA) is 58.3 Å². The summed E-state index contributed by atoms with van der Waals surface area (Å²) in [6, 6.07) is 18.4. The van der Waals surface area contributed by atoms with Gasteiger partial charge in [-0.25, -0.2) is 13.6 Å². The number of benzene rings is 3. The van der Waals surface area contributed by atoms with Crippen molar-refractivity contribution in [3.8, 4) is 22.9 Å². The zero-order valence-corrected chi connectivity index (χ0v) is 18.9. The molecule has 0 unspecified atom stereocenters. The second kappa shape index (κ2) is 9.75. The molecule has 4 rings (SSSR count). The summed E-state index contributed by atoms with van der Waals surface area (Å²) in [6.07, 6.45) is 1.38. The molecule has 1 aromatic heterocycles. The second-order valence-corrected chi connectivity index (χ2v) is 7.79. The Kier molecular flexibility index (Phi) is 6.60. The minimum atomic E-state index is -0.979. The molecule has 172 valence electrons. The summed E-state index contributed by atoms with van der Waals surface area (Å²) in [6.45, 7) is 5.23. The van der Waals surface area contributed by atoms with E-state index in [2.05, 4.69) is 6.07 Å². The Morgan fingerprint density at radius 3 is 2.38 bits per heavy atom. The molecule has 0 aliphatic carbocycles. The molecule has 0 N–H and O–H groups in total. The fraction of sp³-hybridized carbons (Fsp3) is 0.185. The van der Waals surface area contributed by atoms with Crippen LogP contribution in [0, 0.1) is 23.0 Å². The van der Waals surface area contributed by atoms with Crippen molar-refractivity contribution in [2.24, 2.45) is 0 Å². The molecule has 0 spiro atoms. The lowest BCUT2D eigenvalue weighted by Gasteiger charge is -2.20. The molecule has 0 aliphatic rings. The molecule has 0 radical (unpaired) electrons. The van der Waals surface area contributed by atoms with Gasteiger partial charge in [0.2, 0.25) is 0 Å². The van der Waals surface area contributed by atoms with Crippen LogP contribution < -0.4 is 4.74 Å². The molecule has 0 fully saturated rings. The van der Waals surface area contributed by atoms with Gasteiger partial charge in [-0.3, -0.25) is 0 Å². The van der Waals surface area contributed by atoms with Crippen LogP contribution in [-0.4, -0.2) is 28.6 Å². The van der Waals surface area contributed by atoms with E-state index in [4.69, 9.17) is 10.00 Å². The van der Waals surface area contributed by atoms with Crippen LogP contribution in [-0.2, 0) is 6.54 Å². The van der Waals surface area contributed by atoms with Crippen LogP contribution in [0.1, 0.15) is 25.0 Å². The lowest BCUT2D eigenvalue weighted by molar-refractivity contribution is 0.157. The fourth-order valence-electron chi connectivity index (χ4n) is 3.95. The van der Waals surface area contributed by atoms with E-state index in [0.717, 1.165) is 28.6 Å². The number of carbonyl (C=O) groups excluding carboxylic acids is 1. The normalized spacial score (nSPS) is 10.8. The summed E-state index contributed by atoms with van der Waals surface area (Å²) in [5.41, 5.74) is 3.34. The smallest absolute Gasteiger partial charge is 0.410 e. The first-order valence-electron chi connectivity index (χ1n) is 11.0. The quantitative estimate of drug-likeness (QED) is 0.338. The molecule has 34 heavy (non-hydrogen) atoms. The van der Waals surface area contributed by atoms with Gasteiger partial charge in [0.15, 0.2) is 11.6 Å². The highest BCUT2D eigenvalue weighted by molar-refractivity contribution is 5.99. The number of amides is 1. The number of rotatable bonds is 6. The van der Waals surface area contributed by atoms with Crippen molar-refractivity contribution in [1.29, 1.82) is 5.26 Å². The summed E-state index contributed by atoms with van der Waals surface area (Å²) in [4.78, 5) is 14.2. The first kappa shape index (κ1) is 23.0. The lowest BCUT2D eigenvalue weighted by atomic mass is 10.00. The zero-order valence-electron chi connectivity index (χ0n) is 18.9. The maximum atomic E-state index is 14.1. The Morgan fingerprint density at radius 2 is 1.74 bits per heavy atom. The minimum Gasteiger partial charge on any atom is -0.410 e. The van der Waals surface area contributed by atoms with E-state index in [1.165, 1.54) is 11.0 Å². The van der Waals surface area contributed by atoms with E-state index in [9.17, 15) is 13.6 Å². The standard InChI is InChI=1S/C27H23F2N3O2/c1-3-31(4-2)27(33)34-25-12-11-24-21(26(25)20-9-10-22(28)23(29)15-20)13-14-32(24)17-19-7-5-18(16-30)6-8-19/h5-15H,3-4,17H2,1-2H3. The molecule has 0 bridgehead atoms. The maximum absolute atomic E-state index is 14.1. The monoisotopic (exact) mass is 459 g/mol. The SMILES string of the molecule is CCN(CC)C(=O)Oc1ccc2c(ccn2Cc2ccc(C#N)cc2)c1-c1ccc(F)c(F)c1. The number of fused-ring (bicyclic) bond motifs is 1. The van der Waals surface area contributed by atoms with Crippen LogP contribution in [0.5, 0.6) is 5.75 Å². The van der Waals surface area contributed by atoms with Gasteiger partial charge in [-0.2, -0.15) is 5.26 Å². The van der Waals surface area contributed by atoms with Crippen molar-refractivity contribution in [3.63, 3.8) is 0 Å². The summed E-state index contributed by atoms with van der Waals surface area (Å²) in [5.74, 6) is -1.66. The third-order valence-electron chi connectivity index (χ3n) is 5.78. The van der Waals surface area contributed by atoms with Crippen molar-refractivity contribution in [2.75, 3.05) is 13.1 Å². The summed E-state index contributed by atoms with van der Waals surface area (Å²) < 4.78 is 35.5. The summed E-state index contributed by atoms with van der Waals surface area (Å²) in [5, 5.41) is 9.75. The molecule has 1 amide bonds. The van der Waals surface area contributed by atoms with E-state index in [1.807, 2.05) is 48.9 Å². The van der Waals surface area contributed by atoms with Gasteiger partial charge in [0.05, 0.1) is 11.6 Å². The van der Waals surface area contributed by atoms with E-state index in [-0.39, 0.29) is 5.75 Å². The third kappa shape index (κ3) is 4.48. The Bertz CT molecular complexity index is 1380. The molecule has 0 aliphatic heterocycles. The highest BCUT2D eigenvalue weighted by Gasteiger charge is 2.20. The Morgan fingerprint density at radius 1 is 1.00 bits per heavy atom. The molecule has 0 saturated heterocycles. The molecule has 4 aromatic rings. The molecule has 3 aromatic carbocycles. The van der Waals surface area contributed by atoms with Crippen molar-refractivity contribution in [3.05, 3.63) is 89.6 Å². The number of carbonyl (C=O) groups is 1. The Balaban J connectivity index is 1.81. The number of halogens is 2. The van der Waals surface area contributed by atoms with Crippen molar-refractivity contribution < 1.29 is 18.3 Å². The molecule has 5 nitrogen and oxygen atoms in total. The molecule has 7 heteroatoms. The number of ether oxygens (including phenoxy) is 1. The minimum absolute atomic E-state index is 0.270. The molecular weight excluding hydrogens is 436 g/mol. The van der Waals surface area contributed by atoms with Crippen LogP contribution in [0.25, 0.3) is 22.0 Å². The third-order valence-corrected chi connectivity index (χ3v) is 5.78. The van der Waals surface area contributed by atoms with Gasteiger partial charge in [-0.15, -0.1) is 0 Å². The number of hydrogen-bond acceptors (Lipinski definition) is 3. The van der Waals surface area contributed by atoms with Crippen LogP contribution >= 0.6 is 0 Å². The number of nitriles is 1. The summed E-state index contributed by atoms with van der Waals surface area (Å²) in [7, 11) is 0. The first-order valence-corrected chi connectivity index (χ1v) is 11.0. The van der Waals surface area contributed by atoms with E-state index >= 15 is 0 Å². The Hall–Kier alpha value is -4.18. The number of aromatic nitrogens is 1. The van der Waals surface area contributed by atoms with Crippen molar-refractivity contribution in [2.45, 2.75) is 20.4 Å². The average Bonchev–Trinajstić information content (AvgIpc) is 3.24. The molecule has 0 saturated carbocycles. The largest absolute Gasteiger partial charge is 0.415 e. The molecule has 1 heterocycles. The molecule has 0 atom stereocenters. The van der Waals surface area contributed by atoms with Gasteiger partial charge in [-0.05, 0) is 67.4 Å². The van der Waals surface area contributed by atoms with Gasteiger partial charge in [0, 0.05) is 42.3 Å². The lowest BCUT2D eigenvalue weighted by Crippen LogP contribution is -2.33. The van der Waals surface area contributed by atoms with E-state index < -0.39 is 17.7 Å². The van der Waals surface area contributed by atoms with Gasteiger partial charge >= 0.3 is 6.09 Å². The number of hydrogen-bond donors (Lipinski definition) is 0. The number of nitrogens with zero attached hydrogens (tertiary/aromatic N) is 3. The second-order valence-electron chi connectivity index (χ2n) is 7.79. The van der Waals surface area contributed by atoms with Crippen LogP contribution in [0.2, 0.25) is 0 Å². The van der Waals surface area contributed by atoms with Crippen LogP contribution in [0.4, 0.5) is 13.6 Å². The van der Waals surface area contributed by atoms with Crippen LogP contribution in [0.3, 0.4) is 0 Å². The zero-order chi connectivity index (χ0) is 24.2. The molecular formula is C27H23F2N3O2. The van der Waals surface area contributed by atoms with Gasteiger partial charge in [-0.1, -0.05) is 18.2 Å². The summed E-state index contributed by atoms with van der Waals surface area (Å²) >= 11 is 0. The van der Waals surface area contributed by atoms with Crippen LogP contribution in [0.15, 0.2) is 66.9 Å². The first-order chi connectivity index (χ1) is 16.4. The van der Waals surface area contributed by atoms with E-state index in [1.54, 1.807) is 18.2 Å².